The van der Waals surface area contributed by atoms with E-state index in [0.29, 0.717) is 0 Å². The standard InChI is InChI=1S/C17H30B3O12P2.C9H16BO7P.C8H16B2O6P/c1-9(2)7-27-33(22,23)31-12-5-14(18)29-16(12)17(21)32-34(24,25)30-11-6-15(20-19)28-13(11)8-26-10(3)4;1-5(2)4-15-18(13,14)17-6-3-7(10)16-8(6)9(11)12;1-5(2)14-4-7-6(16-17(11,12)13)3-8(10-9)15-7/h9-16H,5-8H2,1-4H3,(H,22,23)(H,24,25);5-8H,3-4H2,1-2H3,(H,11,12)(H,13,14);5-8H,3-4H2,1-2H3,(H2,11,12,13)/p-4/t11-,12-,13-,14-,15-,16+;6-,7-,8+;6-,7-,8-/m111/s1. The Labute approximate surface area is 409 Å². The van der Waals surface area contributed by atoms with Crippen molar-refractivity contribution < 1.29 is 118 Å². The first-order valence-corrected chi connectivity index (χ1v) is 27.5. The van der Waals surface area contributed by atoms with Gasteiger partial charge >= 0.3 is 19.8 Å². The highest BCUT2D eigenvalue weighted by molar-refractivity contribution is 7.46. The van der Waals surface area contributed by atoms with Crippen LogP contribution in [0, 0.1) is 11.8 Å². The summed E-state index contributed by atoms with van der Waals surface area (Å²) in [7, 11) is 4.99. The molecule has 2 N–H and O–H groups in total. The maximum Gasteiger partial charge on any atom is 0.343 e. The van der Waals surface area contributed by atoms with Gasteiger partial charge in [-0.1, -0.05) is 27.7 Å². The van der Waals surface area contributed by atoms with E-state index < -0.39 is 116 Å². The SMILES string of the molecule is [B][B][C@H]1C[C@@H](OP(=O)([O-])O)[C@@H](COC(C)C)O1.[B][B][C@H]1C[C@@H](OP(=O)([O-])OC(=O)[C@H]2O[C@@H]([B])C[C@H]2OP(=O)([O-])OCC(C)C)[C@@H](COC(C)C)O1.[B][C@H]1C[C@@H](OP(=O)([O-])OCC(C)C)[C@@H](C(=O)O)O1. The molecule has 4 fully saturated rings. The number of rotatable bonds is 25. The number of carbonyl (C=O) groups excluding carboxylic acids is 1. The van der Waals surface area contributed by atoms with Crippen molar-refractivity contribution in [3.05, 3.63) is 0 Å². The fourth-order valence-corrected chi connectivity index (χ4v) is 9.84. The van der Waals surface area contributed by atoms with Crippen molar-refractivity contribution in [3.8, 4) is 0 Å². The van der Waals surface area contributed by atoms with Crippen LogP contribution in [0.3, 0.4) is 0 Å². The lowest BCUT2D eigenvalue weighted by molar-refractivity contribution is -0.236. The number of phosphoric acid groups is 4. The summed E-state index contributed by atoms with van der Waals surface area (Å²) in [6, 6.07) is -2.94. The van der Waals surface area contributed by atoms with Gasteiger partial charge in [0.25, 0.3) is 23.5 Å². The number of hydrogen-bond acceptors (Lipinski definition) is 23. The van der Waals surface area contributed by atoms with Gasteiger partial charge in [-0.2, -0.15) is 0 Å². The molecular weight excluding hydrogens is 997 g/mol. The number of hydrogen-bond donors (Lipinski definition) is 2. The van der Waals surface area contributed by atoms with Crippen molar-refractivity contribution in [1.82, 2.24) is 0 Å². The Bertz CT molecular complexity index is 1770. The maximum absolute atomic E-state index is 12.5. The molecule has 0 amide bonds. The molecule has 4 unspecified atom stereocenters. The van der Waals surface area contributed by atoms with E-state index in [1.54, 1.807) is 41.5 Å². The summed E-state index contributed by atoms with van der Waals surface area (Å²) in [6.07, 6.45) is -8.94. The highest BCUT2D eigenvalue weighted by Gasteiger charge is 2.45. The first-order valence-electron chi connectivity index (χ1n) is 21.7. The van der Waals surface area contributed by atoms with Gasteiger partial charge in [0.1, 0.15) is 40.1 Å². The topological polar surface area (TPSA) is 355 Å². The second-order valence-electron chi connectivity index (χ2n) is 17.2. The van der Waals surface area contributed by atoms with E-state index in [1.807, 2.05) is 13.8 Å². The van der Waals surface area contributed by atoms with E-state index in [4.69, 9.17) is 83.2 Å². The number of phosphoric ester groups is 4. The molecule has 4 aliphatic heterocycles. The fraction of sp³-hybridized carbons (Fsp3) is 0.941. The summed E-state index contributed by atoms with van der Waals surface area (Å²) in [5.41, 5.74) is 0. The molecule has 0 bridgehead atoms. The van der Waals surface area contributed by atoms with Crippen LogP contribution in [0.5, 0.6) is 0 Å². The van der Waals surface area contributed by atoms with Crippen LogP contribution >= 0.6 is 31.3 Å². The molecule has 4 heterocycles. The van der Waals surface area contributed by atoms with Crippen LogP contribution < -0.4 is 19.6 Å². The monoisotopic (exact) mass is 1060 g/mol. The highest BCUT2D eigenvalue weighted by atomic mass is 31.2. The predicted molar refractivity (Wildman–Crippen MR) is 237 cm³/mol. The van der Waals surface area contributed by atoms with Crippen molar-refractivity contribution in [2.75, 3.05) is 26.4 Å². The zero-order chi connectivity index (χ0) is 52.7. The molecule has 0 spiro atoms. The van der Waals surface area contributed by atoms with E-state index in [9.17, 15) is 47.4 Å². The fourth-order valence-electron chi connectivity index (χ4n) is 6.22. The van der Waals surface area contributed by atoms with E-state index >= 15 is 0 Å². The molecule has 0 aliphatic carbocycles. The lowest BCUT2D eigenvalue weighted by atomic mass is 9.51. The Morgan fingerprint density at radius 3 is 1.35 bits per heavy atom. The average molecular weight is 1060 g/mol. The molecule has 0 aromatic heterocycles. The van der Waals surface area contributed by atoms with Crippen LogP contribution in [-0.2, 0) is 87.9 Å². The normalized spacial score (nSPS) is 32.5. The van der Waals surface area contributed by atoms with Crippen molar-refractivity contribution in [1.29, 1.82) is 0 Å². The van der Waals surface area contributed by atoms with E-state index in [0.717, 1.165) is 0 Å². The van der Waals surface area contributed by atoms with Crippen LogP contribution in [0.1, 0.15) is 81.1 Å². The molecule has 16 atom stereocenters. The van der Waals surface area contributed by atoms with E-state index in [2.05, 4.69) is 18.1 Å². The van der Waals surface area contributed by atoms with E-state index in [-0.39, 0.29) is 76.2 Å². The molecule has 35 heteroatoms. The molecule has 4 rings (SSSR count). The molecule has 25 nitrogen and oxygen atoms in total. The summed E-state index contributed by atoms with van der Waals surface area (Å²) in [4.78, 5) is 78.6. The third-order valence-electron chi connectivity index (χ3n) is 9.19. The first-order chi connectivity index (χ1) is 31.7. The largest absolute Gasteiger partial charge is 0.756 e. The minimum Gasteiger partial charge on any atom is -0.756 e. The molecule has 10 radical (unpaired) electrons. The number of carbonyl (C=O) groups is 2. The van der Waals surface area contributed by atoms with Crippen LogP contribution in [0.15, 0.2) is 0 Å². The lowest BCUT2D eigenvalue weighted by Crippen LogP contribution is -2.36. The number of ether oxygens (including phenoxy) is 6. The second-order valence-corrected chi connectivity index (χ2v) is 22.4. The Balaban J connectivity index is 0.000000392. The minimum atomic E-state index is -5.24. The number of aliphatic carboxylic acids is 1. The molecule has 4 saturated heterocycles. The van der Waals surface area contributed by atoms with Gasteiger partial charge in [0, 0.05) is 39.5 Å². The quantitative estimate of drug-likeness (QED) is 0.0781. The first kappa shape index (κ1) is 64.7. The maximum atomic E-state index is 12.5. The summed E-state index contributed by atoms with van der Waals surface area (Å²) >= 11 is 0. The Morgan fingerprint density at radius 2 is 0.986 bits per heavy atom. The highest BCUT2D eigenvalue weighted by Crippen LogP contribution is 2.48. The third-order valence-corrected chi connectivity index (χ3v) is 12.7. The number of carboxylic acids is 1. The predicted octanol–water partition coefficient (Wildman–Crippen LogP) is -1.44. The summed E-state index contributed by atoms with van der Waals surface area (Å²) in [5, 5.41) is 8.82. The van der Waals surface area contributed by atoms with E-state index in [1.165, 1.54) is 14.3 Å². The van der Waals surface area contributed by atoms with Crippen LogP contribution in [0.2, 0.25) is 0 Å². The van der Waals surface area contributed by atoms with Crippen molar-refractivity contribution in [2.24, 2.45) is 11.8 Å². The molecule has 0 aromatic carbocycles. The summed E-state index contributed by atoms with van der Waals surface area (Å²) < 4.78 is 111. The molecule has 0 aromatic rings. The molecule has 0 saturated carbocycles. The summed E-state index contributed by atoms with van der Waals surface area (Å²) in [6.45, 7) is 14.3. The van der Waals surface area contributed by atoms with Crippen molar-refractivity contribution in [2.45, 2.75) is 166 Å². The molecule has 69 heavy (non-hydrogen) atoms. The zero-order valence-corrected chi connectivity index (χ0v) is 43.0. The van der Waals surface area contributed by atoms with Crippen LogP contribution in [-0.4, -0.2) is 179 Å². The van der Waals surface area contributed by atoms with Crippen LogP contribution in [0.4, 0.5) is 0 Å². The minimum absolute atomic E-state index is 0.00617. The van der Waals surface area contributed by atoms with Gasteiger partial charge in [-0.05, 0) is 65.2 Å². The Morgan fingerprint density at radius 1 is 0.609 bits per heavy atom. The third kappa shape index (κ3) is 25.6. The Kier molecular flexibility index (Phi) is 27.8. The van der Waals surface area contributed by atoms with Gasteiger partial charge in [-0.3, -0.25) is 18.3 Å². The molecular formula is C34H58B6O25P4-4. The van der Waals surface area contributed by atoms with Crippen LogP contribution in [0.25, 0.3) is 0 Å². The lowest BCUT2D eigenvalue weighted by Gasteiger charge is -2.31. The Hall–Kier alpha value is -0.430. The average Bonchev–Trinajstić information content (AvgIpc) is 3.98. The van der Waals surface area contributed by atoms with Gasteiger partial charge in [0.2, 0.25) is 0 Å². The van der Waals surface area contributed by atoms with Gasteiger partial charge in [0.05, 0.1) is 65.2 Å². The van der Waals surface area contributed by atoms with Gasteiger partial charge in [-0.15, -0.1) is 0 Å². The molecule has 386 valence electrons. The smallest absolute Gasteiger partial charge is 0.343 e. The van der Waals surface area contributed by atoms with Crippen molar-refractivity contribution >= 4 is 88.7 Å². The van der Waals surface area contributed by atoms with Gasteiger partial charge in [-0.25, -0.2) is 9.59 Å². The van der Waals surface area contributed by atoms with Gasteiger partial charge < -0.3 is 89.7 Å². The summed E-state index contributed by atoms with van der Waals surface area (Å²) in [5.74, 6) is -2.87. The molecule has 4 aliphatic rings. The van der Waals surface area contributed by atoms with Gasteiger partial charge in [0.15, 0.2) is 12.2 Å². The second kappa shape index (κ2) is 29.6. The zero-order valence-electron chi connectivity index (χ0n) is 39.4. The number of carboxylic acid groups (broad SMARTS) is 1. The van der Waals surface area contributed by atoms with Crippen molar-refractivity contribution in [3.63, 3.8) is 0 Å².